The van der Waals surface area contributed by atoms with Gasteiger partial charge in [-0.15, -0.1) is 0 Å². The molecule has 1 aromatic carbocycles. The van der Waals surface area contributed by atoms with Gasteiger partial charge >= 0.3 is 0 Å². The summed E-state index contributed by atoms with van der Waals surface area (Å²) in [5, 5.41) is 0. The van der Waals surface area contributed by atoms with Crippen molar-refractivity contribution in [2.75, 3.05) is 13.6 Å². The maximum atomic E-state index is 6.27. The van der Waals surface area contributed by atoms with Gasteiger partial charge < -0.3 is 5.73 Å². The Labute approximate surface area is 117 Å². The summed E-state index contributed by atoms with van der Waals surface area (Å²) in [7, 11) is 2.29. The van der Waals surface area contributed by atoms with Gasteiger partial charge in [-0.1, -0.05) is 24.3 Å². The summed E-state index contributed by atoms with van der Waals surface area (Å²) in [6.07, 6.45) is 6.47. The third-order valence-electron chi connectivity index (χ3n) is 5.48. The van der Waals surface area contributed by atoms with Crippen LogP contribution < -0.4 is 5.73 Å². The number of hydrogen-bond donors (Lipinski definition) is 1. The van der Waals surface area contributed by atoms with Crippen molar-refractivity contribution < 1.29 is 0 Å². The van der Waals surface area contributed by atoms with Crippen molar-refractivity contribution in [3.8, 4) is 0 Å². The predicted octanol–water partition coefficient (Wildman–Crippen LogP) is 2.91. The van der Waals surface area contributed by atoms with Gasteiger partial charge in [-0.25, -0.2) is 0 Å². The zero-order valence-corrected chi connectivity index (χ0v) is 12.2. The molecule has 0 aliphatic heterocycles. The number of nitrogens with zero attached hydrogens (tertiary/aromatic N) is 1. The highest BCUT2D eigenvalue weighted by Gasteiger charge is 2.43. The summed E-state index contributed by atoms with van der Waals surface area (Å²) in [5.41, 5.74) is 9.33. The van der Waals surface area contributed by atoms with Gasteiger partial charge in [0.25, 0.3) is 0 Å². The van der Waals surface area contributed by atoms with Crippen molar-refractivity contribution >= 4 is 0 Å². The lowest BCUT2D eigenvalue weighted by atomic mass is 9.74. The van der Waals surface area contributed by atoms with E-state index in [0.717, 1.165) is 12.5 Å². The van der Waals surface area contributed by atoms with Gasteiger partial charge in [0, 0.05) is 12.6 Å². The molecule has 0 aromatic heterocycles. The van der Waals surface area contributed by atoms with Crippen LogP contribution in [0.2, 0.25) is 0 Å². The molecule has 0 amide bonds. The number of benzene rings is 1. The zero-order chi connectivity index (χ0) is 13.5. The van der Waals surface area contributed by atoms with Gasteiger partial charge in [0.15, 0.2) is 0 Å². The molecule has 0 saturated heterocycles. The SMILES string of the molecule is CC(C1CC1)N(C)C1(CN)CCCc2ccccc21. The van der Waals surface area contributed by atoms with Gasteiger partial charge in [-0.2, -0.15) is 0 Å². The van der Waals surface area contributed by atoms with Crippen molar-refractivity contribution in [2.24, 2.45) is 11.7 Å². The summed E-state index contributed by atoms with van der Waals surface area (Å²) < 4.78 is 0. The monoisotopic (exact) mass is 258 g/mol. The van der Waals surface area contributed by atoms with Crippen LogP contribution in [0.1, 0.15) is 43.7 Å². The molecule has 0 heterocycles. The highest BCUT2D eigenvalue weighted by Crippen LogP contribution is 2.44. The van der Waals surface area contributed by atoms with E-state index in [1.165, 1.54) is 43.2 Å². The van der Waals surface area contributed by atoms with E-state index < -0.39 is 0 Å². The van der Waals surface area contributed by atoms with Crippen molar-refractivity contribution in [1.29, 1.82) is 0 Å². The van der Waals surface area contributed by atoms with Crippen LogP contribution in [0.15, 0.2) is 24.3 Å². The molecule has 2 unspecified atom stereocenters. The Balaban J connectivity index is 1.99. The molecule has 2 aliphatic carbocycles. The van der Waals surface area contributed by atoms with E-state index in [1.54, 1.807) is 0 Å². The third-order valence-corrected chi connectivity index (χ3v) is 5.48. The normalized spacial score (nSPS) is 28.2. The van der Waals surface area contributed by atoms with E-state index in [2.05, 4.69) is 43.1 Å². The van der Waals surface area contributed by atoms with Crippen LogP contribution in [0.4, 0.5) is 0 Å². The van der Waals surface area contributed by atoms with Crippen LogP contribution in [0, 0.1) is 5.92 Å². The van der Waals surface area contributed by atoms with Crippen molar-refractivity contribution in [1.82, 2.24) is 4.90 Å². The second-order valence-corrected chi connectivity index (χ2v) is 6.44. The Morgan fingerprint density at radius 2 is 2.11 bits per heavy atom. The first-order valence-electron chi connectivity index (χ1n) is 7.70. The lowest BCUT2D eigenvalue weighted by Gasteiger charge is -2.48. The number of fused-ring (bicyclic) bond motifs is 1. The Kier molecular flexibility index (Phi) is 3.40. The van der Waals surface area contributed by atoms with Crippen molar-refractivity contribution in [3.63, 3.8) is 0 Å². The molecular formula is C17H26N2. The average Bonchev–Trinajstić information content (AvgIpc) is 3.29. The summed E-state index contributed by atoms with van der Waals surface area (Å²) >= 11 is 0. The fourth-order valence-electron chi connectivity index (χ4n) is 3.91. The number of likely N-dealkylation sites (N-methyl/N-ethyl adjacent to an activating group) is 1. The standard InChI is InChI=1S/C17H26N2/c1-13(14-9-10-14)19(2)17(12-18)11-5-7-15-6-3-4-8-16(15)17/h3-4,6,8,13-14H,5,7,9-12,18H2,1-2H3. The number of aryl methyl sites for hydroxylation is 1. The minimum absolute atomic E-state index is 0.0663. The smallest absolute Gasteiger partial charge is 0.0586 e. The van der Waals surface area contributed by atoms with Gasteiger partial charge in [-0.3, -0.25) is 4.90 Å². The van der Waals surface area contributed by atoms with Crippen molar-refractivity contribution in [3.05, 3.63) is 35.4 Å². The van der Waals surface area contributed by atoms with Crippen LogP contribution in [-0.4, -0.2) is 24.5 Å². The third kappa shape index (κ3) is 2.11. The highest BCUT2D eigenvalue weighted by atomic mass is 15.2. The Morgan fingerprint density at radius 1 is 1.37 bits per heavy atom. The van der Waals surface area contributed by atoms with Gasteiger partial charge in [0.05, 0.1) is 5.54 Å². The van der Waals surface area contributed by atoms with Crippen molar-refractivity contribution in [2.45, 2.75) is 50.6 Å². The van der Waals surface area contributed by atoms with E-state index in [-0.39, 0.29) is 5.54 Å². The van der Waals surface area contributed by atoms with Gasteiger partial charge in [0.1, 0.15) is 0 Å². The maximum Gasteiger partial charge on any atom is 0.0586 e. The molecule has 2 heteroatoms. The van der Waals surface area contributed by atoms with Crippen LogP contribution in [-0.2, 0) is 12.0 Å². The van der Waals surface area contributed by atoms with E-state index in [4.69, 9.17) is 5.73 Å². The molecule has 2 nitrogen and oxygen atoms in total. The quantitative estimate of drug-likeness (QED) is 0.900. The largest absolute Gasteiger partial charge is 0.328 e. The predicted molar refractivity (Wildman–Crippen MR) is 80.1 cm³/mol. The summed E-state index contributed by atoms with van der Waals surface area (Å²) in [6, 6.07) is 9.57. The Morgan fingerprint density at radius 3 is 2.79 bits per heavy atom. The lowest BCUT2D eigenvalue weighted by molar-refractivity contribution is 0.0561. The van der Waals surface area contributed by atoms with Gasteiger partial charge in [0.2, 0.25) is 0 Å². The fourth-order valence-corrected chi connectivity index (χ4v) is 3.91. The van der Waals surface area contributed by atoms with E-state index in [1.807, 2.05) is 0 Å². The summed E-state index contributed by atoms with van der Waals surface area (Å²) in [6.45, 7) is 3.11. The highest BCUT2D eigenvalue weighted by molar-refractivity contribution is 5.37. The van der Waals surface area contributed by atoms with E-state index in [9.17, 15) is 0 Å². The molecule has 1 fully saturated rings. The molecule has 104 valence electrons. The molecule has 1 aromatic rings. The first-order chi connectivity index (χ1) is 9.19. The Hall–Kier alpha value is -0.860. The van der Waals surface area contributed by atoms with E-state index >= 15 is 0 Å². The molecule has 2 aliphatic rings. The second-order valence-electron chi connectivity index (χ2n) is 6.44. The molecule has 1 saturated carbocycles. The topological polar surface area (TPSA) is 29.3 Å². The minimum Gasteiger partial charge on any atom is -0.328 e. The lowest BCUT2D eigenvalue weighted by Crippen LogP contribution is -2.55. The first kappa shape index (κ1) is 13.1. The van der Waals surface area contributed by atoms with Crippen LogP contribution >= 0.6 is 0 Å². The molecule has 0 radical (unpaired) electrons. The number of hydrogen-bond acceptors (Lipinski definition) is 2. The second kappa shape index (κ2) is 4.92. The first-order valence-corrected chi connectivity index (χ1v) is 7.70. The number of rotatable bonds is 4. The van der Waals surface area contributed by atoms with Crippen LogP contribution in [0.5, 0.6) is 0 Å². The molecule has 2 N–H and O–H groups in total. The molecule has 2 atom stereocenters. The molecule has 0 spiro atoms. The van der Waals surface area contributed by atoms with Crippen LogP contribution in [0.3, 0.4) is 0 Å². The molecule has 19 heavy (non-hydrogen) atoms. The van der Waals surface area contributed by atoms with Crippen LogP contribution in [0.25, 0.3) is 0 Å². The fraction of sp³-hybridized carbons (Fsp3) is 0.647. The van der Waals surface area contributed by atoms with E-state index in [0.29, 0.717) is 6.04 Å². The summed E-state index contributed by atoms with van der Waals surface area (Å²) in [4.78, 5) is 2.59. The maximum absolute atomic E-state index is 6.27. The number of nitrogens with two attached hydrogens (primary N) is 1. The minimum atomic E-state index is 0.0663. The average molecular weight is 258 g/mol. The molecule has 0 bridgehead atoms. The Bertz CT molecular complexity index is 452. The summed E-state index contributed by atoms with van der Waals surface area (Å²) in [5.74, 6) is 0.891. The molecular weight excluding hydrogens is 232 g/mol. The van der Waals surface area contributed by atoms with Gasteiger partial charge in [-0.05, 0) is 63.1 Å². The molecule has 3 rings (SSSR count). The zero-order valence-electron chi connectivity index (χ0n) is 12.2.